The number of nitrogens with zero attached hydrogens (tertiary/aromatic N) is 6. The van der Waals surface area contributed by atoms with Crippen molar-refractivity contribution in [2.75, 3.05) is 63.3 Å². The number of aromatic nitrogens is 4. The lowest BCUT2D eigenvalue weighted by molar-refractivity contribution is 0.0535. The van der Waals surface area contributed by atoms with Crippen molar-refractivity contribution < 1.29 is 18.3 Å². The summed E-state index contributed by atoms with van der Waals surface area (Å²) in [6.45, 7) is 9.52. The van der Waals surface area contributed by atoms with E-state index in [1.807, 2.05) is 6.07 Å². The summed E-state index contributed by atoms with van der Waals surface area (Å²) in [5.74, 6) is 1.71. The molecule has 1 N–H and O–H groups in total. The van der Waals surface area contributed by atoms with E-state index < -0.39 is 6.43 Å². The van der Waals surface area contributed by atoms with Gasteiger partial charge >= 0.3 is 0 Å². The number of para-hydroxylation sites is 2. The van der Waals surface area contributed by atoms with Crippen LogP contribution in [0.15, 0.2) is 30.3 Å². The number of benzene rings is 1. The molecular formula is C29H41F2N7O2. The van der Waals surface area contributed by atoms with Crippen molar-refractivity contribution in [3.8, 4) is 5.82 Å². The minimum atomic E-state index is -2.74. The zero-order valence-electron chi connectivity index (χ0n) is 23.7. The van der Waals surface area contributed by atoms with Gasteiger partial charge in [0.15, 0.2) is 5.82 Å². The number of hydrogen-bond acceptors (Lipinski definition) is 8. The second-order valence-corrected chi connectivity index (χ2v) is 10.8. The Hall–Kier alpha value is -2.89. The van der Waals surface area contributed by atoms with Crippen molar-refractivity contribution in [2.45, 2.75) is 58.0 Å². The van der Waals surface area contributed by atoms with E-state index in [1.165, 1.54) is 4.57 Å². The lowest BCUT2D eigenvalue weighted by Crippen LogP contribution is -2.45. The first kappa shape index (κ1) is 28.6. The molecule has 1 aliphatic carbocycles. The van der Waals surface area contributed by atoms with Gasteiger partial charge < -0.3 is 19.7 Å². The highest BCUT2D eigenvalue weighted by atomic mass is 19.3. The summed E-state index contributed by atoms with van der Waals surface area (Å²) in [6, 6.07) is 9.92. The van der Waals surface area contributed by atoms with Crippen LogP contribution in [-0.4, -0.2) is 89.6 Å². The number of hydrogen-bond donors (Lipinski definition) is 1. The summed E-state index contributed by atoms with van der Waals surface area (Å²) >= 11 is 0. The Morgan fingerprint density at radius 3 is 2.50 bits per heavy atom. The molecule has 0 amide bonds. The molecule has 0 spiro atoms. The zero-order chi connectivity index (χ0) is 28.1. The third kappa shape index (κ3) is 6.37. The number of fused-ring (bicyclic) bond motifs is 1. The molecule has 40 heavy (non-hydrogen) atoms. The van der Waals surface area contributed by atoms with Crippen LogP contribution in [0.4, 0.5) is 20.5 Å². The standard InChI is InChI=1S/C29H41F2N7O2/c1-4-37(20(2)19-39-3)22-11-9-21(10-12-22)18-32-29-34-25(36-13-15-40-16-14-36)17-26(35-29)38-24-8-6-5-7-23(24)33-28(38)27(30)31/h5-8,17,20-22,27H,4,9-16,18-19H2,1-3H3,(H,32,34,35)/t20?,21-,22-. The summed E-state index contributed by atoms with van der Waals surface area (Å²) in [6.07, 6.45) is 1.78. The molecule has 2 fully saturated rings. The molecule has 9 nitrogen and oxygen atoms in total. The molecule has 1 aromatic carbocycles. The van der Waals surface area contributed by atoms with Gasteiger partial charge in [0.2, 0.25) is 5.95 Å². The fourth-order valence-corrected chi connectivity index (χ4v) is 6.18. The van der Waals surface area contributed by atoms with Gasteiger partial charge in [-0.05, 0) is 57.2 Å². The number of methoxy groups -OCH3 is 1. The van der Waals surface area contributed by atoms with Gasteiger partial charge in [0.1, 0.15) is 11.6 Å². The Morgan fingerprint density at radius 1 is 1.07 bits per heavy atom. The summed E-state index contributed by atoms with van der Waals surface area (Å²) in [4.78, 5) is 18.4. The molecule has 1 saturated heterocycles. The molecule has 5 rings (SSSR count). The molecule has 2 aliphatic rings. The second-order valence-electron chi connectivity index (χ2n) is 10.8. The maximum atomic E-state index is 14.1. The first-order valence-electron chi connectivity index (χ1n) is 14.4. The number of alkyl halides is 2. The minimum absolute atomic E-state index is 0.319. The fraction of sp³-hybridized carbons (Fsp3) is 0.621. The Morgan fingerprint density at radius 2 is 1.80 bits per heavy atom. The lowest BCUT2D eigenvalue weighted by atomic mass is 9.85. The summed E-state index contributed by atoms with van der Waals surface area (Å²) in [7, 11) is 1.76. The maximum absolute atomic E-state index is 14.1. The SMILES string of the molecule is CCN(C(C)COC)[C@H]1CC[C@H](CNc2nc(N3CCOCC3)cc(-n3c(C(F)F)nc4ccccc43)n2)CC1. The number of halogens is 2. The molecule has 1 saturated carbocycles. The van der Waals surface area contributed by atoms with Crippen molar-refractivity contribution in [3.05, 3.63) is 36.2 Å². The average Bonchev–Trinajstić information content (AvgIpc) is 3.38. The van der Waals surface area contributed by atoms with Gasteiger partial charge in [0.25, 0.3) is 6.43 Å². The molecular weight excluding hydrogens is 516 g/mol. The van der Waals surface area contributed by atoms with Gasteiger partial charge in [0, 0.05) is 44.9 Å². The predicted octanol–water partition coefficient (Wildman–Crippen LogP) is 4.92. The van der Waals surface area contributed by atoms with E-state index in [2.05, 4.69) is 33.9 Å². The number of ether oxygens (including phenoxy) is 2. The molecule has 0 radical (unpaired) electrons. The van der Waals surface area contributed by atoms with Gasteiger partial charge in [-0.15, -0.1) is 0 Å². The molecule has 11 heteroatoms. The monoisotopic (exact) mass is 557 g/mol. The van der Waals surface area contributed by atoms with E-state index in [4.69, 9.17) is 19.4 Å². The lowest BCUT2D eigenvalue weighted by Gasteiger charge is -2.39. The quantitative estimate of drug-likeness (QED) is 0.356. The molecule has 2 aromatic heterocycles. The normalized spacial score (nSPS) is 20.9. The van der Waals surface area contributed by atoms with Crippen LogP contribution < -0.4 is 10.2 Å². The summed E-state index contributed by atoms with van der Waals surface area (Å²) < 4.78 is 40.6. The van der Waals surface area contributed by atoms with Crippen LogP contribution in [0.5, 0.6) is 0 Å². The van der Waals surface area contributed by atoms with Gasteiger partial charge in [-0.3, -0.25) is 9.47 Å². The molecule has 218 valence electrons. The number of rotatable bonds is 11. The van der Waals surface area contributed by atoms with E-state index >= 15 is 0 Å². The number of anilines is 2. The molecule has 3 heterocycles. The van der Waals surface area contributed by atoms with Crippen LogP contribution in [0.2, 0.25) is 0 Å². The zero-order valence-corrected chi connectivity index (χ0v) is 23.7. The summed E-state index contributed by atoms with van der Waals surface area (Å²) in [5, 5.41) is 3.46. The van der Waals surface area contributed by atoms with Crippen molar-refractivity contribution in [2.24, 2.45) is 5.92 Å². The van der Waals surface area contributed by atoms with Crippen LogP contribution in [0.1, 0.15) is 51.8 Å². The average molecular weight is 558 g/mol. The molecule has 0 bridgehead atoms. The predicted molar refractivity (Wildman–Crippen MR) is 153 cm³/mol. The molecule has 3 aromatic rings. The Kier molecular flexibility index (Phi) is 9.44. The van der Waals surface area contributed by atoms with Gasteiger partial charge in [-0.25, -0.2) is 13.8 Å². The van der Waals surface area contributed by atoms with Crippen molar-refractivity contribution in [1.82, 2.24) is 24.4 Å². The minimum Gasteiger partial charge on any atom is -0.383 e. The highest BCUT2D eigenvalue weighted by Crippen LogP contribution is 2.31. The van der Waals surface area contributed by atoms with Gasteiger partial charge in [-0.2, -0.15) is 9.97 Å². The summed E-state index contributed by atoms with van der Waals surface area (Å²) in [5.41, 5.74) is 1.11. The van der Waals surface area contributed by atoms with Crippen LogP contribution in [-0.2, 0) is 9.47 Å². The largest absolute Gasteiger partial charge is 0.383 e. The molecule has 1 aliphatic heterocycles. The third-order valence-corrected chi connectivity index (χ3v) is 8.22. The third-order valence-electron chi connectivity index (χ3n) is 8.22. The van der Waals surface area contributed by atoms with Crippen molar-refractivity contribution >= 4 is 22.8 Å². The van der Waals surface area contributed by atoms with E-state index in [0.29, 0.717) is 72.9 Å². The first-order chi connectivity index (χ1) is 19.5. The van der Waals surface area contributed by atoms with E-state index in [-0.39, 0.29) is 5.82 Å². The molecule has 1 unspecified atom stereocenters. The van der Waals surface area contributed by atoms with Crippen LogP contribution in [0.25, 0.3) is 16.9 Å². The van der Waals surface area contributed by atoms with Crippen LogP contribution in [0, 0.1) is 5.92 Å². The number of nitrogens with one attached hydrogen (secondary N) is 1. The Balaban J connectivity index is 1.36. The maximum Gasteiger partial charge on any atom is 0.296 e. The number of morpholine rings is 1. The van der Waals surface area contributed by atoms with E-state index in [1.54, 1.807) is 31.4 Å². The van der Waals surface area contributed by atoms with Crippen molar-refractivity contribution in [3.63, 3.8) is 0 Å². The Bertz CT molecular complexity index is 1240. The molecule has 1 atom stereocenters. The highest BCUT2D eigenvalue weighted by molar-refractivity contribution is 5.78. The van der Waals surface area contributed by atoms with Gasteiger partial charge in [-0.1, -0.05) is 19.1 Å². The van der Waals surface area contributed by atoms with Gasteiger partial charge in [0.05, 0.1) is 30.9 Å². The number of likely N-dealkylation sites (N-methyl/N-ethyl adjacent to an activating group) is 1. The first-order valence-corrected chi connectivity index (χ1v) is 14.4. The van der Waals surface area contributed by atoms with E-state index in [9.17, 15) is 8.78 Å². The van der Waals surface area contributed by atoms with E-state index in [0.717, 1.165) is 45.4 Å². The highest BCUT2D eigenvalue weighted by Gasteiger charge is 2.28. The fourth-order valence-electron chi connectivity index (χ4n) is 6.18. The topological polar surface area (TPSA) is 80.6 Å². The van der Waals surface area contributed by atoms with Crippen molar-refractivity contribution in [1.29, 1.82) is 0 Å². The van der Waals surface area contributed by atoms with Crippen LogP contribution >= 0.6 is 0 Å². The Labute approximate surface area is 234 Å². The van der Waals surface area contributed by atoms with Crippen LogP contribution in [0.3, 0.4) is 0 Å². The number of imidazole rings is 1. The second kappa shape index (κ2) is 13.2. The smallest absolute Gasteiger partial charge is 0.296 e.